The van der Waals surface area contributed by atoms with E-state index < -0.39 is 35.5 Å². The van der Waals surface area contributed by atoms with Gasteiger partial charge in [-0.1, -0.05) is 13.8 Å². The lowest BCUT2D eigenvalue weighted by atomic mass is 9.81. The summed E-state index contributed by atoms with van der Waals surface area (Å²) in [4.78, 5) is 31.6. The first-order valence-electron chi connectivity index (χ1n) is 12.7. The molecule has 2 heterocycles. The number of carbonyl (C=O) groups excluding carboxylic acids is 2. The third-order valence-corrected chi connectivity index (χ3v) is 7.56. The number of aliphatic hydroxyl groups is 1. The fraction of sp³-hybridized carbons (Fsp3) is 0.654. The van der Waals surface area contributed by atoms with Gasteiger partial charge in [-0.05, 0) is 57.3 Å². The maximum absolute atomic E-state index is 13.4. The number of allylic oxidation sites excluding steroid dienone is 1. The molecule has 36 heavy (non-hydrogen) atoms. The molecule has 4 atom stereocenters. The van der Waals surface area contributed by atoms with Gasteiger partial charge in [0.15, 0.2) is 17.9 Å². The van der Waals surface area contributed by atoms with Crippen LogP contribution in [0.4, 0.5) is 13.2 Å². The van der Waals surface area contributed by atoms with Crippen LogP contribution in [0.5, 0.6) is 0 Å². The fourth-order valence-electron chi connectivity index (χ4n) is 5.39. The van der Waals surface area contributed by atoms with Crippen LogP contribution in [0.3, 0.4) is 0 Å². The molecule has 7 nitrogen and oxygen atoms in total. The smallest absolute Gasteiger partial charge is 0.433 e. The largest absolute Gasteiger partial charge is 0.506 e. The summed E-state index contributed by atoms with van der Waals surface area (Å²) in [5, 5.41) is 11.0. The van der Waals surface area contributed by atoms with Crippen LogP contribution in [0.1, 0.15) is 69.3 Å². The van der Waals surface area contributed by atoms with Crippen molar-refractivity contribution in [2.24, 2.45) is 11.8 Å². The summed E-state index contributed by atoms with van der Waals surface area (Å²) in [6, 6.07) is 1.79. The highest BCUT2D eigenvalue weighted by Crippen LogP contribution is 2.42. The Balaban J connectivity index is 1.52. The number of pyridine rings is 1. The van der Waals surface area contributed by atoms with Crippen molar-refractivity contribution in [1.82, 2.24) is 9.88 Å². The number of rotatable bonds is 9. The minimum Gasteiger partial charge on any atom is -0.506 e. The average Bonchev–Trinajstić information content (AvgIpc) is 3.50. The lowest BCUT2D eigenvalue weighted by Crippen LogP contribution is -2.30. The van der Waals surface area contributed by atoms with Crippen molar-refractivity contribution >= 4 is 17.3 Å². The molecule has 0 amide bonds. The van der Waals surface area contributed by atoms with E-state index in [9.17, 15) is 27.9 Å². The Bertz CT molecular complexity index is 997. The normalized spacial score (nSPS) is 26.3. The van der Waals surface area contributed by atoms with Gasteiger partial charge < -0.3 is 19.5 Å². The second-order valence-corrected chi connectivity index (χ2v) is 9.74. The molecule has 1 aromatic heterocycles. The van der Waals surface area contributed by atoms with E-state index in [4.69, 9.17) is 9.47 Å². The quantitative estimate of drug-likeness (QED) is 0.293. The van der Waals surface area contributed by atoms with E-state index >= 15 is 0 Å². The summed E-state index contributed by atoms with van der Waals surface area (Å²) in [7, 11) is 0. The number of halogens is 3. The van der Waals surface area contributed by atoms with E-state index in [1.807, 2.05) is 0 Å². The van der Waals surface area contributed by atoms with E-state index in [1.165, 1.54) is 0 Å². The van der Waals surface area contributed by atoms with E-state index in [-0.39, 0.29) is 41.4 Å². The molecule has 198 valence electrons. The van der Waals surface area contributed by atoms with Crippen LogP contribution in [-0.4, -0.2) is 58.6 Å². The van der Waals surface area contributed by atoms with Crippen LogP contribution in [0.2, 0.25) is 0 Å². The van der Waals surface area contributed by atoms with Crippen LogP contribution in [-0.2, 0) is 31.8 Å². The molecular weight excluding hydrogens is 477 g/mol. The summed E-state index contributed by atoms with van der Waals surface area (Å²) in [6.45, 7) is 6.59. The number of nitrogens with zero attached hydrogens (tertiary/aromatic N) is 2. The molecule has 2 saturated carbocycles. The second kappa shape index (κ2) is 11.0. The molecule has 0 aromatic carbocycles. The number of ether oxygens (including phenoxy) is 2. The van der Waals surface area contributed by atoms with Crippen molar-refractivity contribution in [2.75, 3.05) is 19.6 Å². The van der Waals surface area contributed by atoms with Gasteiger partial charge in [0.2, 0.25) is 0 Å². The van der Waals surface area contributed by atoms with Gasteiger partial charge in [0.05, 0.1) is 18.4 Å². The molecule has 0 radical (unpaired) electrons. The van der Waals surface area contributed by atoms with Gasteiger partial charge in [-0.15, -0.1) is 0 Å². The first-order valence-corrected chi connectivity index (χ1v) is 12.7. The number of alkyl halides is 3. The van der Waals surface area contributed by atoms with E-state index in [1.54, 1.807) is 0 Å². The van der Waals surface area contributed by atoms with Gasteiger partial charge in [-0.3, -0.25) is 9.59 Å². The van der Waals surface area contributed by atoms with Gasteiger partial charge >= 0.3 is 6.18 Å². The van der Waals surface area contributed by atoms with E-state index in [0.29, 0.717) is 25.7 Å². The Morgan fingerprint density at radius 1 is 1.11 bits per heavy atom. The van der Waals surface area contributed by atoms with Crippen molar-refractivity contribution < 1.29 is 37.3 Å². The van der Waals surface area contributed by atoms with Crippen LogP contribution >= 0.6 is 0 Å². The lowest BCUT2D eigenvalue weighted by Gasteiger charge is -2.22. The zero-order valence-corrected chi connectivity index (χ0v) is 20.6. The average molecular weight is 511 g/mol. The second-order valence-electron chi connectivity index (χ2n) is 9.74. The van der Waals surface area contributed by atoms with Gasteiger partial charge in [-0.2, -0.15) is 13.2 Å². The van der Waals surface area contributed by atoms with Gasteiger partial charge in [-0.25, -0.2) is 4.98 Å². The third-order valence-electron chi connectivity index (χ3n) is 7.56. The first kappa shape index (κ1) is 26.8. The molecule has 1 N–H and O–H groups in total. The van der Waals surface area contributed by atoms with Gasteiger partial charge in [0.25, 0.3) is 0 Å². The Labute approximate surface area is 208 Å². The van der Waals surface area contributed by atoms with Crippen molar-refractivity contribution in [3.63, 3.8) is 0 Å². The fourth-order valence-corrected chi connectivity index (χ4v) is 5.39. The lowest BCUT2D eigenvalue weighted by molar-refractivity contribution is -0.145. The van der Waals surface area contributed by atoms with E-state index in [2.05, 4.69) is 23.7 Å². The maximum Gasteiger partial charge on any atom is 0.433 e. The molecular formula is C26H33F3N2O5. The monoisotopic (exact) mass is 510 g/mol. The molecule has 10 heteroatoms. The predicted molar refractivity (Wildman–Crippen MR) is 125 cm³/mol. The molecule has 3 aliphatic rings. The molecule has 1 aromatic rings. The van der Waals surface area contributed by atoms with Crippen molar-refractivity contribution in [3.05, 3.63) is 34.7 Å². The third kappa shape index (κ3) is 5.65. The molecule has 1 aliphatic heterocycles. The molecule has 3 fully saturated rings. The summed E-state index contributed by atoms with van der Waals surface area (Å²) in [5.74, 6) is -2.20. The highest BCUT2D eigenvalue weighted by molar-refractivity contribution is 6.27. The molecule has 2 bridgehead atoms. The number of hydrogen-bond acceptors (Lipinski definition) is 7. The maximum atomic E-state index is 13.4. The Morgan fingerprint density at radius 3 is 2.39 bits per heavy atom. The van der Waals surface area contributed by atoms with Crippen LogP contribution < -0.4 is 0 Å². The Kier molecular flexibility index (Phi) is 8.16. The number of hydrogen-bond donors (Lipinski definition) is 1. The Morgan fingerprint density at radius 2 is 1.78 bits per heavy atom. The summed E-state index contributed by atoms with van der Waals surface area (Å²) in [5.41, 5.74) is -1.76. The van der Waals surface area contributed by atoms with Crippen LogP contribution in [0, 0.1) is 11.8 Å². The molecule has 1 saturated heterocycles. The van der Waals surface area contributed by atoms with Crippen molar-refractivity contribution in [3.8, 4) is 0 Å². The summed E-state index contributed by atoms with van der Waals surface area (Å²) >= 11 is 0. The van der Waals surface area contributed by atoms with Gasteiger partial charge in [0, 0.05) is 30.4 Å². The van der Waals surface area contributed by atoms with E-state index in [0.717, 1.165) is 44.6 Å². The number of aliphatic hydroxyl groups excluding tert-OH is 1. The first-order chi connectivity index (χ1) is 17.1. The number of Topliss-reactive ketones (excluding diaryl/α,β-unsaturated/α-hetero) is 2. The highest BCUT2D eigenvalue weighted by Gasteiger charge is 2.45. The zero-order valence-electron chi connectivity index (χ0n) is 20.6. The molecule has 0 spiro atoms. The number of fused-ring (bicyclic) bond motifs is 2. The Hall–Kier alpha value is -2.30. The number of carbonyl (C=O) groups is 2. The molecule has 4 unspecified atom stereocenters. The standard InChI is InChI=1S/C26H33F3N2O5/c1-3-31(4-2)12-11-17-7-10-21(36-17)35-14-19-18(8-9-20(30-19)26(27,28)29)25(34)22-23(32)15-5-6-16(13-15)24(22)33/h8-9,15-17,21,34H,3-7,10-14H2,1-2H3. The topological polar surface area (TPSA) is 89.0 Å². The number of aromatic nitrogens is 1. The number of ketones is 2. The van der Waals surface area contributed by atoms with Gasteiger partial charge in [0.1, 0.15) is 17.0 Å². The van der Waals surface area contributed by atoms with Crippen molar-refractivity contribution in [1.29, 1.82) is 0 Å². The minimum absolute atomic E-state index is 0.00647. The summed E-state index contributed by atoms with van der Waals surface area (Å²) in [6.07, 6.45) is -1.53. The predicted octanol–water partition coefficient (Wildman–Crippen LogP) is 4.69. The van der Waals surface area contributed by atoms with Crippen LogP contribution in [0.15, 0.2) is 17.7 Å². The SMILES string of the molecule is CCN(CC)CCC1CCC(OCc2nc(C(F)(F)F)ccc2C(O)=C2C(=O)C3CCC(C3)C2=O)O1. The van der Waals surface area contributed by atoms with Crippen LogP contribution in [0.25, 0.3) is 5.76 Å². The van der Waals surface area contributed by atoms with Crippen molar-refractivity contribution in [2.45, 2.75) is 77.5 Å². The minimum atomic E-state index is -4.70. The molecule has 2 aliphatic carbocycles. The summed E-state index contributed by atoms with van der Waals surface area (Å²) < 4.78 is 51.8. The molecule has 4 rings (SSSR count). The zero-order chi connectivity index (χ0) is 26.0. The highest BCUT2D eigenvalue weighted by atomic mass is 19.4.